The van der Waals surface area contributed by atoms with Crippen molar-refractivity contribution in [2.45, 2.75) is 0 Å². The Morgan fingerprint density at radius 1 is 1.24 bits per heavy atom. The summed E-state index contributed by atoms with van der Waals surface area (Å²) in [6, 6.07) is 7.72. The van der Waals surface area contributed by atoms with Crippen LogP contribution >= 0.6 is 22.6 Å². The summed E-state index contributed by atoms with van der Waals surface area (Å²) in [5.74, 6) is 0. The lowest BCUT2D eigenvalue weighted by molar-refractivity contribution is 0.886. The molecule has 2 heterocycles. The van der Waals surface area contributed by atoms with E-state index < -0.39 is 0 Å². The van der Waals surface area contributed by atoms with E-state index in [0.29, 0.717) is 5.69 Å². The monoisotopic (exact) mass is 336 g/mol. The lowest BCUT2D eigenvalue weighted by atomic mass is 10.1. The standard InChI is InChI=1S/C12H9IN4/c13-8-6-16-17(7-8)11-4-5-15-12-9(11)2-1-3-10(12)14/h1-7H,14H2. The van der Waals surface area contributed by atoms with Crippen molar-refractivity contribution in [3.63, 3.8) is 0 Å². The average Bonchev–Trinajstić information content (AvgIpc) is 2.76. The second-order valence-electron chi connectivity index (χ2n) is 3.68. The summed E-state index contributed by atoms with van der Waals surface area (Å²) < 4.78 is 2.93. The molecule has 17 heavy (non-hydrogen) atoms. The molecule has 0 spiro atoms. The molecule has 5 heteroatoms. The molecule has 0 aliphatic heterocycles. The maximum atomic E-state index is 5.91. The number of hydrogen-bond acceptors (Lipinski definition) is 3. The molecule has 3 aromatic rings. The molecule has 0 atom stereocenters. The van der Waals surface area contributed by atoms with Gasteiger partial charge in [0.25, 0.3) is 0 Å². The Kier molecular flexibility index (Phi) is 2.47. The van der Waals surface area contributed by atoms with E-state index in [9.17, 15) is 0 Å². The molecular formula is C12H9IN4. The Labute approximate surface area is 112 Å². The number of anilines is 1. The highest BCUT2D eigenvalue weighted by Gasteiger charge is 2.06. The summed E-state index contributed by atoms with van der Waals surface area (Å²) in [5, 5.41) is 5.31. The van der Waals surface area contributed by atoms with Crippen LogP contribution in [0.3, 0.4) is 0 Å². The van der Waals surface area contributed by atoms with Gasteiger partial charge < -0.3 is 5.73 Å². The summed E-state index contributed by atoms with van der Waals surface area (Å²) in [6.07, 6.45) is 5.54. The summed E-state index contributed by atoms with van der Waals surface area (Å²) in [5.41, 5.74) is 8.41. The molecule has 0 bridgehead atoms. The van der Waals surface area contributed by atoms with E-state index in [1.54, 1.807) is 6.20 Å². The number of benzene rings is 1. The van der Waals surface area contributed by atoms with Gasteiger partial charge in [-0.2, -0.15) is 5.10 Å². The summed E-state index contributed by atoms with van der Waals surface area (Å²) in [4.78, 5) is 4.31. The topological polar surface area (TPSA) is 56.7 Å². The van der Waals surface area contributed by atoms with Gasteiger partial charge >= 0.3 is 0 Å². The normalized spacial score (nSPS) is 10.9. The van der Waals surface area contributed by atoms with Gasteiger partial charge in [0, 0.05) is 17.8 Å². The van der Waals surface area contributed by atoms with Crippen molar-refractivity contribution in [1.82, 2.24) is 14.8 Å². The zero-order chi connectivity index (χ0) is 11.8. The van der Waals surface area contributed by atoms with Crippen LogP contribution in [-0.2, 0) is 0 Å². The Bertz CT molecular complexity index is 690. The van der Waals surface area contributed by atoms with Crippen LogP contribution in [0.4, 0.5) is 5.69 Å². The van der Waals surface area contributed by atoms with Crippen molar-refractivity contribution >= 4 is 39.2 Å². The number of halogens is 1. The molecule has 1 aromatic carbocycles. The van der Waals surface area contributed by atoms with E-state index in [1.165, 1.54) is 0 Å². The van der Waals surface area contributed by atoms with Crippen molar-refractivity contribution in [3.8, 4) is 5.69 Å². The SMILES string of the molecule is Nc1cccc2c(-n3cc(I)cn3)ccnc12. The maximum absolute atomic E-state index is 5.91. The number of para-hydroxylation sites is 1. The number of rotatable bonds is 1. The zero-order valence-corrected chi connectivity index (χ0v) is 11.0. The van der Waals surface area contributed by atoms with Crippen molar-refractivity contribution in [1.29, 1.82) is 0 Å². The quantitative estimate of drug-likeness (QED) is 0.549. The van der Waals surface area contributed by atoms with Crippen LogP contribution in [0.15, 0.2) is 42.9 Å². The minimum atomic E-state index is 0.686. The van der Waals surface area contributed by atoms with Gasteiger partial charge in [0.15, 0.2) is 0 Å². The smallest absolute Gasteiger partial charge is 0.0952 e. The second-order valence-corrected chi connectivity index (χ2v) is 4.92. The lowest BCUT2D eigenvalue weighted by Gasteiger charge is -2.07. The first-order valence-electron chi connectivity index (χ1n) is 5.09. The van der Waals surface area contributed by atoms with Gasteiger partial charge in [-0.15, -0.1) is 0 Å². The summed E-state index contributed by atoms with van der Waals surface area (Å²) in [7, 11) is 0. The van der Waals surface area contributed by atoms with Gasteiger partial charge in [-0.1, -0.05) is 12.1 Å². The van der Waals surface area contributed by atoms with Gasteiger partial charge in [0.05, 0.1) is 26.7 Å². The molecule has 0 radical (unpaired) electrons. The van der Waals surface area contributed by atoms with Crippen molar-refractivity contribution < 1.29 is 0 Å². The van der Waals surface area contributed by atoms with Crippen LogP contribution in [0, 0.1) is 3.57 Å². The van der Waals surface area contributed by atoms with E-state index in [-0.39, 0.29) is 0 Å². The number of nitrogen functional groups attached to an aromatic ring is 1. The molecule has 0 unspecified atom stereocenters. The predicted molar refractivity (Wildman–Crippen MR) is 76.0 cm³/mol. The molecule has 0 aliphatic carbocycles. The zero-order valence-electron chi connectivity index (χ0n) is 8.84. The highest BCUT2D eigenvalue weighted by atomic mass is 127. The molecular weight excluding hydrogens is 327 g/mol. The molecule has 0 fully saturated rings. The molecule has 0 saturated carbocycles. The fourth-order valence-electron chi connectivity index (χ4n) is 1.82. The van der Waals surface area contributed by atoms with E-state index in [2.05, 4.69) is 32.7 Å². The molecule has 84 valence electrons. The van der Waals surface area contributed by atoms with E-state index >= 15 is 0 Å². The fraction of sp³-hybridized carbons (Fsp3) is 0. The number of nitrogens with zero attached hydrogens (tertiary/aromatic N) is 3. The minimum Gasteiger partial charge on any atom is -0.397 e. The number of hydrogen-bond donors (Lipinski definition) is 1. The molecule has 2 aromatic heterocycles. The van der Waals surface area contributed by atoms with Crippen LogP contribution in [0.25, 0.3) is 16.6 Å². The van der Waals surface area contributed by atoms with Crippen LogP contribution in [0.2, 0.25) is 0 Å². The second kappa shape index (κ2) is 3.99. The van der Waals surface area contributed by atoms with Gasteiger partial charge in [0.1, 0.15) is 0 Å². The number of aromatic nitrogens is 3. The van der Waals surface area contributed by atoms with E-state index in [4.69, 9.17) is 5.73 Å². The third-order valence-corrected chi connectivity index (χ3v) is 3.13. The molecule has 0 amide bonds. The van der Waals surface area contributed by atoms with Gasteiger partial charge in [-0.25, -0.2) is 4.68 Å². The summed E-state index contributed by atoms with van der Waals surface area (Å²) >= 11 is 2.23. The largest absolute Gasteiger partial charge is 0.397 e. The first-order chi connectivity index (χ1) is 8.25. The number of fused-ring (bicyclic) bond motifs is 1. The number of nitrogens with two attached hydrogens (primary N) is 1. The Balaban J connectivity index is 2.34. The van der Waals surface area contributed by atoms with Crippen molar-refractivity contribution in [3.05, 3.63) is 46.4 Å². The molecule has 2 N–H and O–H groups in total. The Morgan fingerprint density at radius 3 is 2.88 bits per heavy atom. The minimum absolute atomic E-state index is 0.686. The maximum Gasteiger partial charge on any atom is 0.0952 e. The summed E-state index contributed by atoms with van der Waals surface area (Å²) in [6.45, 7) is 0. The van der Waals surface area contributed by atoms with Gasteiger partial charge in [-0.05, 0) is 34.7 Å². The first kappa shape index (κ1) is 10.5. The average molecular weight is 336 g/mol. The van der Waals surface area contributed by atoms with Crippen LogP contribution in [0.5, 0.6) is 0 Å². The van der Waals surface area contributed by atoms with E-state index in [1.807, 2.05) is 41.3 Å². The van der Waals surface area contributed by atoms with E-state index in [0.717, 1.165) is 20.2 Å². The van der Waals surface area contributed by atoms with Gasteiger partial charge in [-0.3, -0.25) is 4.98 Å². The van der Waals surface area contributed by atoms with Crippen molar-refractivity contribution in [2.24, 2.45) is 0 Å². The van der Waals surface area contributed by atoms with Crippen LogP contribution in [0.1, 0.15) is 0 Å². The molecule has 3 rings (SSSR count). The van der Waals surface area contributed by atoms with Crippen molar-refractivity contribution in [2.75, 3.05) is 5.73 Å². The fourth-order valence-corrected chi connectivity index (χ4v) is 2.21. The van der Waals surface area contributed by atoms with Crippen LogP contribution in [-0.4, -0.2) is 14.8 Å². The highest BCUT2D eigenvalue weighted by Crippen LogP contribution is 2.24. The number of pyridine rings is 1. The Hall–Kier alpha value is -1.63. The molecule has 0 saturated heterocycles. The molecule has 4 nitrogen and oxygen atoms in total. The third kappa shape index (κ3) is 1.76. The molecule has 0 aliphatic rings. The van der Waals surface area contributed by atoms with Gasteiger partial charge in [0.2, 0.25) is 0 Å². The third-order valence-electron chi connectivity index (χ3n) is 2.58. The Morgan fingerprint density at radius 2 is 2.12 bits per heavy atom. The lowest BCUT2D eigenvalue weighted by Crippen LogP contribution is -1.98. The highest BCUT2D eigenvalue weighted by molar-refractivity contribution is 14.1. The predicted octanol–water partition coefficient (Wildman–Crippen LogP) is 2.61. The first-order valence-corrected chi connectivity index (χ1v) is 6.17. The van der Waals surface area contributed by atoms with Crippen LogP contribution < -0.4 is 5.73 Å².